The van der Waals surface area contributed by atoms with Gasteiger partial charge < -0.3 is 9.80 Å². The van der Waals surface area contributed by atoms with Crippen LogP contribution in [0, 0.1) is 5.92 Å². The predicted molar refractivity (Wildman–Crippen MR) is 60.8 cm³/mol. The van der Waals surface area contributed by atoms with Crippen molar-refractivity contribution in [2.45, 2.75) is 13.8 Å². The minimum atomic E-state index is -0.235. The molecule has 5 heteroatoms. The fraction of sp³-hybridized carbons (Fsp3) is 0.800. The Hall–Kier alpha value is -0.770. The molecule has 0 radical (unpaired) electrons. The van der Waals surface area contributed by atoms with Crippen molar-refractivity contribution >= 4 is 23.4 Å². The molecular formula is C10H19ClN2O2. The number of carbonyl (C=O) groups excluding carboxylic acids is 2. The first-order valence-corrected chi connectivity index (χ1v) is 5.52. The second-order valence-corrected chi connectivity index (χ2v) is 4.00. The number of alkyl halides is 1. The SMILES string of the molecule is CCN(CC(=O)N(C)C)C(=O)C(C)CCl. The maximum atomic E-state index is 11.7. The molecular weight excluding hydrogens is 216 g/mol. The van der Waals surface area contributed by atoms with Crippen molar-refractivity contribution in [3.8, 4) is 0 Å². The van der Waals surface area contributed by atoms with Crippen LogP contribution in [0.4, 0.5) is 0 Å². The summed E-state index contributed by atoms with van der Waals surface area (Å²) in [6.45, 7) is 4.27. The molecule has 0 aliphatic carbocycles. The highest BCUT2D eigenvalue weighted by Gasteiger charge is 2.21. The van der Waals surface area contributed by atoms with Crippen LogP contribution in [0.15, 0.2) is 0 Å². The van der Waals surface area contributed by atoms with Crippen molar-refractivity contribution in [1.82, 2.24) is 9.80 Å². The van der Waals surface area contributed by atoms with Gasteiger partial charge in [0.25, 0.3) is 0 Å². The lowest BCUT2D eigenvalue weighted by Gasteiger charge is -2.24. The molecule has 0 saturated heterocycles. The lowest BCUT2D eigenvalue weighted by molar-refractivity contribution is -0.140. The highest BCUT2D eigenvalue weighted by molar-refractivity contribution is 6.19. The molecule has 4 nitrogen and oxygen atoms in total. The van der Waals surface area contributed by atoms with Crippen molar-refractivity contribution in [3.05, 3.63) is 0 Å². The maximum absolute atomic E-state index is 11.7. The summed E-state index contributed by atoms with van der Waals surface area (Å²) in [6.07, 6.45) is 0. The van der Waals surface area contributed by atoms with Crippen molar-refractivity contribution in [3.63, 3.8) is 0 Å². The van der Waals surface area contributed by atoms with Gasteiger partial charge in [-0.25, -0.2) is 0 Å². The van der Waals surface area contributed by atoms with Gasteiger partial charge in [0, 0.05) is 32.4 Å². The Morgan fingerprint density at radius 3 is 2.20 bits per heavy atom. The van der Waals surface area contributed by atoms with E-state index in [9.17, 15) is 9.59 Å². The van der Waals surface area contributed by atoms with Crippen molar-refractivity contribution < 1.29 is 9.59 Å². The third-order valence-electron chi connectivity index (χ3n) is 2.17. The summed E-state index contributed by atoms with van der Waals surface area (Å²) >= 11 is 5.60. The Labute approximate surface area is 96.2 Å². The molecule has 0 rings (SSSR count). The van der Waals surface area contributed by atoms with Gasteiger partial charge in [0.1, 0.15) is 0 Å². The molecule has 1 unspecified atom stereocenters. The van der Waals surface area contributed by atoms with E-state index >= 15 is 0 Å². The van der Waals surface area contributed by atoms with Gasteiger partial charge in [0.2, 0.25) is 11.8 Å². The van der Waals surface area contributed by atoms with Crippen LogP contribution in [0.5, 0.6) is 0 Å². The maximum Gasteiger partial charge on any atom is 0.241 e. The fourth-order valence-corrected chi connectivity index (χ4v) is 1.16. The third kappa shape index (κ3) is 4.51. The molecule has 0 saturated carbocycles. The lowest BCUT2D eigenvalue weighted by atomic mass is 10.2. The summed E-state index contributed by atoms with van der Waals surface area (Å²) < 4.78 is 0. The first-order chi connectivity index (χ1) is 6.93. The van der Waals surface area contributed by atoms with E-state index in [4.69, 9.17) is 11.6 Å². The second kappa shape index (κ2) is 6.67. The lowest BCUT2D eigenvalue weighted by Crippen LogP contribution is -2.42. The van der Waals surface area contributed by atoms with E-state index < -0.39 is 0 Å². The Bertz CT molecular complexity index is 231. The number of amides is 2. The number of nitrogens with zero attached hydrogens (tertiary/aromatic N) is 2. The minimum Gasteiger partial charge on any atom is -0.347 e. The van der Waals surface area contributed by atoms with Crippen LogP contribution in [-0.2, 0) is 9.59 Å². The average Bonchev–Trinajstić information content (AvgIpc) is 2.23. The van der Waals surface area contributed by atoms with E-state index in [2.05, 4.69) is 0 Å². The molecule has 0 aromatic rings. The van der Waals surface area contributed by atoms with Crippen molar-refractivity contribution in [2.75, 3.05) is 33.1 Å². The van der Waals surface area contributed by atoms with Gasteiger partial charge in [-0.3, -0.25) is 9.59 Å². The molecule has 0 heterocycles. The minimum absolute atomic E-state index is 0.0669. The molecule has 0 N–H and O–H groups in total. The predicted octanol–water partition coefficient (Wildman–Crippen LogP) is 0.798. The summed E-state index contributed by atoms with van der Waals surface area (Å²) in [6, 6.07) is 0. The van der Waals surface area contributed by atoms with Gasteiger partial charge >= 0.3 is 0 Å². The molecule has 0 spiro atoms. The Kier molecular flexibility index (Phi) is 6.32. The standard InChI is InChI=1S/C10H19ClN2O2/c1-5-13(7-9(14)12(3)4)10(15)8(2)6-11/h8H,5-7H2,1-4H3. The molecule has 1 atom stereocenters. The summed E-state index contributed by atoms with van der Waals surface area (Å²) in [5.41, 5.74) is 0. The number of rotatable bonds is 5. The molecule has 2 amide bonds. The first-order valence-electron chi connectivity index (χ1n) is 4.98. The molecule has 0 aromatic carbocycles. The van der Waals surface area contributed by atoms with Crippen LogP contribution >= 0.6 is 11.6 Å². The quantitative estimate of drug-likeness (QED) is 0.661. The van der Waals surface area contributed by atoms with Gasteiger partial charge in [-0.05, 0) is 6.92 Å². The molecule has 0 bridgehead atoms. The van der Waals surface area contributed by atoms with E-state index in [0.29, 0.717) is 6.54 Å². The van der Waals surface area contributed by atoms with Crippen LogP contribution < -0.4 is 0 Å². The number of carbonyl (C=O) groups is 2. The molecule has 0 aliphatic rings. The van der Waals surface area contributed by atoms with Crippen LogP contribution in [-0.4, -0.2) is 54.7 Å². The number of hydrogen-bond donors (Lipinski definition) is 0. The first kappa shape index (κ1) is 14.2. The zero-order chi connectivity index (χ0) is 12.0. The fourth-order valence-electron chi connectivity index (χ4n) is 1.03. The normalized spacial score (nSPS) is 12.1. The Morgan fingerprint density at radius 2 is 1.87 bits per heavy atom. The zero-order valence-corrected chi connectivity index (χ0v) is 10.5. The summed E-state index contributed by atoms with van der Waals surface area (Å²) in [5.74, 6) is -0.0952. The smallest absolute Gasteiger partial charge is 0.241 e. The monoisotopic (exact) mass is 234 g/mol. The molecule has 0 aromatic heterocycles. The largest absolute Gasteiger partial charge is 0.347 e. The molecule has 0 fully saturated rings. The number of likely N-dealkylation sites (N-methyl/N-ethyl adjacent to an activating group) is 2. The summed E-state index contributed by atoms with van der Waals surface area (Å²) in [7, 11) is 3.34. The highest BCUT2D eigenvalue weighted by Crippen LogP contribution is 2.04. The van der Waals surface area contributed by atoms with Gasteiger partial charge in [0.05, 0.1) is 6.54 Å². The van der Waals surface area contributed by atoms with Crippen molar-refractivity contribution in [1.29, 1.82) is 0 Å². The van der Waals surface area contributed by atoms with E-state index in [1.54, 1.807) is 21.0 Å². The topological polar surface area (TPSA) is 40.6 Å². The van der Waals surface area contributed by atoms with Crippen molar-refractivity contribution in [2.24, 2.45) is 5.92 Å². The van der Waals surface area contributed by atoms with E-state index in [1.807, 2.05) is 6.92 Å². The van der Waals surface area contributed by atoms with Crippen LogP contribution in [0.1, 0.15) is 13.8 Å². The molecule has 0 aliphatic heterocycles. The number of hydrogen-bond acceptors (Lipinski definition) is 2. The van der Waals surface area contributed by atoms with E-state index in [-0.39, 0.29) is 30.2 Å². The van der Waals surface area contributed by atoms with Gasteiger partial charge in [-0.2, -0.15) is 0 Å². The van der Waals surface area contributed by atoms with Crippen LogP contribution in [0.25, 0.3) is 0 Å². The van der Waals surface area contributed by atoms with Crippen LogP contribution in [0.3, 0.4) is 0 Å². The third-order valence-corrected chi connectivity index (χ3v) is 2.63. The van der Waals surface area contributed by atoms with Gasteiger partial charge in [0.15, 0.2) is 0 Å². The van der Waals surface area contributed by atoms with E-state index in [0.717, 1.165) is 0 Å². The van der Waals surface area contributed by atoms with Gasteiger partial charge in [-0.1, -0.05) is 6.92 Å². The summed E-state index contributed by atoms with van der Waals surface area (Å²) in [5, 5.41) is 0. The molecule has 88 valence electrons. The summed E-state index contributed by atoms with van der Waals surface area (Å²) in [4.78, 5) is 26.2. The number of halogens is 1. The average molecular weight is 235 g/mol. The second-order valence-electron chi connectivity index (χ2n) is 3.70. The van der Waals surface area contributed by atoms with Crippen LogP contribution in [0.2, 0.25) is 0 Å². The Balaban J connectivity index is 4.37. The Morgan fingerprint density at radius 1 is 1.33 bits per heavy atom. The van der Waals surface area contributed by atoms with E-state index in [1.165, 1.54) is 9.80 Å². The molecule has 15 heavy (non-hydrogen) atoms. The zero-order valence-electron chi connectivity index (χ0n) is 9.79. The van der Waals surface area contributed by atoms with Gasteiger partial charge in [-0.15, -0.1) is 11.6 Å². The highest BCUT2D eigenvalue weighted by atomic mass is 35.5.